The van der Waals surface area contributed by atoms with E-state index in [1.807, 2.05) is 36.4 Å². The Morgan fingerprint density at radius 2 is 1.58 bits per heavy atom. The van der Waals surface area contributed by atoms with Crippen molar-refractivity contribution in [3.05, 3.63) is 60.4 Å². The molecule has 2 aromatic carbocycles. The van der Waals surface area contributed by atoms with Gasteiger partial charge in [-0.1, -0.05) is 44.2 Å². The fourth-order valence-corrected chi connectivity index (χ4v) is 2.31. The van der Waals surface area contributed by atoms with E-state index in [0.29, 0.717) is 22.3 Å². The lowest BCUT2D eigenvalue weighted by Crippen LogP contribution is -2.20. The van der Waals surface area contributed by atoms with Crippen LogP contribution in [0, 0.1) is 5.92 Å². The molecule has 3 aromatic rings. The fourth-order valence-electron chi connectivity index (χ4n) is 2.31. The molecule has 0 radical (unpaired) electrons. The van der Waals surface area contributed by atoms with Crippen molar-refractivity contribution >= 4 is 34.2 Å². The van der Waals surface area contributed by atoms with E-state index in [-0.39, 0.29) is 17.6 Å². The van der Waals surface area contributed by atoms with Gasteiger partial charge in [-0.15, -0.1) is 0 Å². The van der Waals surface area contributed by atoms with Gasteiger partial charge in [-0.25, -0.2) is 0 Å². The second-order valence-electron chi connectivity index (χ2n) is 5.77. The number of amides is 2. The number of hydrogen-bond donors (Lipinski definition) is 2. The molecule has 122 valence electrons. The molecule has 0 atom stereocenters. The van der Waals surface area contributed by atoms with E-state index in [1.165, 1.54) is 0 Å². The zero-order chi connectivity index (χ0) is 17.1. The van der Waals surface area contributed by atoms with Gasteiger partial charge in [0.1, 0.15) is 11.3 Å². The highest BCUT2D eigenvalue weighted by atomic mass is 16.3. The SMILES string of the molecule is CC(C)C(=O)Nc1c(C(=O)Nc2ccccc2)oc2ccccc12. The van der Waals surface area contributed by atoms with Gasteiger partial charge in [0.2, 0.25) is 11.7 Å². The molecule has 2 N–H and O–H groups in total. The molecule has 3 rings (SSSR count). The summed E-state index contributed by atoms with van der Waals surface area (Å²) in [4.78, 5) is 24.7. The summed E-state index contributed by atoms with van der Waals surface area (Å²) >= 11 is 0. The van der Waals surface area contributed by atoms with Crippen molar-refractivity contribution in [2.45, 2.75) is 13.8 Å². The molecule has 0 bridgehead atoms. The van der Waals surface area contributed by atoms with Crippen LogP contribution in [-0.4, -0.2) is 11.8 Å². The maximum Gasteiger partial charge on any atom is 0.293 e. The molecule has 0 unspecified atom stereocenters. The summed E-state index contributed by atoms with van der Waals surface area (Å²) in [5, 5.41) is 6.28. The van der Waals surface area contributed by atoms with Crippen LogP contribution in [0.5, 0.6) is 0 Å². The normalized spacial score (nSPS) is 10.8. The number of hydrogen-bond acceptors (Lipinski definition) is 3. The predicted molar refractivity (Wildman–Crippen MR) is 94.1 cm³/mol. The minimum absolute atomic E-state index is 0.0917. The predicted octanol–water partition coefficient (Wildman–Crippen LogP) is 4.28. The van der Waals surface area contributed by atoms with Crippen LogP contribution >= 0.6 is 0 Å². The first-order valence-corrected chi connectivity index (χ1v) is 7.75. The van der Waals surface area contributed by atoms with Crippen molar-refractivity contribution in [3.63, 3.8) is 0 Å². The summed E-state index contributed by atoms with van der Waals surface area (Å²) in [5.74, 6) is -0.690. The lowest BCUT2D eigenvalue weighted by atomic mass is 10.1. The monoisotopic (exact) mass is 322 g/mol. The minimum atomic E-state index is -0.406. The summed E-state index contributed by atoms with van der Waals surface area (Å²) < 4.78 is 5.69. The van der Waals surface area contributed by atoms with E-state index in [4.69, 9.17) is 4.42 Å². The molecule has 0 saturated heterocycles. The van der Waals surface area contributed by atoms with E-state index in [9.17, 15) is 9.59 Å². The molecule has 1 aromatic heterocycles. The van der Waals surface area contributed by atoms with Gasteiger partial charge >= 0.3 is 0 Å². The molecule has 0 aliphatic rings. The highest BCUT2D eigenvalue weighted by molar-refractivity contribution is 6.14. The third-order valence-electron chi connectivity index (χ3n) is 3.61. The lowest BCUT2D eigenvalue weighted by Gasteiger charge is -2.09. The Morgan fingerprint density at radius 1 is 0.917 bits per heavy atom. The quantitative estimate of drug-likeness (QED) is 0.753. The van der Waals surface area contributed by atoms with Gasteiger partial charge in [-0.3, -0.25) is 9.59 Å². The first kappa shape index (κ1) is 15.8. The molecule has 24 heavy (non-hydrogen) atoms. The summed E-state index contributed by atoms with van der Waals surface area (Å²) in [6, 6.07) is 16.3. The maximum atomic E-state index is 12.6. The van der Waals surface area contributed by atoms with Crippen LogP contribution in [0.3, 0.4) is 0 Å². The number of rotatable bonds is 4. The van der Waals surface area contributed by atoms with Gasteiger partial charge in [0.15, 0.2) is 0 Å². The van der Waals surface area contributed by atoms with Crippen LogP contribution in [0.1, 0.15) is 24.4 Å². The van der Waals surface area contributed by atoms with Crippen molar-refractivity contribution < 1.29 is 14.0 Å². The third-order valence-corrected chi connectivity index (χ3v) is 3.61. The lowest BCUT2D eigenvalue weighted by molar-refractivity contribution is -0.118. The topological polar surface area (TPSA) is 71.3 Å². The summed E-state index contributed by atoms with van der Waals surface area (Å²) in [6.45, 7) is 3.59. The first-order valence-electron chi connectivity index (χ1n) is 7.75. The van der Waals surface area contributed by atoms with Crippen LogP contribution in [0.25, 0.3) is 11.0 Å². The molecule has 2 amide bonds. The summed E-state index contributed by atoms with van der Waals surface area (Å²) in [5.41, 5.74) is 1.61. The number of anilines is 2. The molecule has 0 aliphatic heterocycles. The Morgan fingerprint density at radius 3 is 2.29 bits per heavy atom. The standard InChI is InChI=1S/C19H18N2O3/c1-12(2)18(22)21-16-14-10-6-7-11-15(14)24-17(16)19(23)20-13-8-4-3-5-9-13/h3-12H,1-2H3,(H,20,23)(H,21,22). The number of benzene rings is 2. The molecule has 0 aliphatic carbocycles. The largest absolute Gasteiger partial charge is 0.449 e. The number of carbonyl (C=O) groups is 2. The molecular formula is C19H18N2O3. The van der Waals surface area contributed by atoms with Crippen molar-refractivity contribution in [2.75, 3.05) is 10.6 Å². The highest BCUT2D eigenvalue weighted by Gasteiger charge is 2.23. The van der Waals surface area contributed by atoms with E-state index in [1.54, 1.807) is 32.0 Å². The Bertz CT molecular complexity index is 882. The zero-order valence-corrected chi connectivity index (χ0v) is 13.5. The summed E-state index contributed by atoms with van der Waals surface area (Å²) in [6.07, 6.45) is 0. The van der Waals surface area contributed by atoms with Crippen LogP contribution in [0.15, 0.2) is 59.0 Å². The molecule has 0 fully saturated rings. The van der Waals surface area contributed by atoms with E-state index < -0.39 is 5.91 Å². The minimum Gasteiger partial charge on any atom is -0.449 e. The number of para-hydroxylation sites is 2. The summed E-state index contributed by atoms with van der Waals surface area (Å²) in [7, 11) is 0. The van der Waals surface area contributed by atoms with Crippen molar-refractivity contribution in [1.29, 1.82) is 0 Å². The first-order chi connectivity index (χ1) is 11.6. The van der Waals surface area contributed by atoms with E-state index in [0.717, 1.165) is 0 Å². The zero-order valence-electron chi connectivity index (χ0n) is 13.5. The van der Waals surface area contributed by atoms with Gasteiger partial charge in [0.05, 0.1) is 0 Å². The number of carbonyl (C=O) groups excluding carboxylic acids is 2. The fraction of sp³-hybridized carbons (Fsp3) is 0.158. The second-order valence-corrected chi connectivity index (χ2v) is 5.77. The molecule has 5 nitrogen and oxygen atoms in total. The number of furan rings is 1. The van der Waals surface area contributed by atoms with Crippen LogP contribution < -0.4 is 10.6 Å². The van der Waals surface area contributed by atoms with Crippen LogP contribution in [0.4, 0.5) is 11.4 Å². The van der Waals surface area contributed by atoms with Crippen LogP contribution in [0.2, 0.25) is 0 Å². The highest BCUT2D eigenvalue weighted by Crippen LogP contribution is 2.31. The molecule has 1 heterocycles. The Hall–Kier alpha value is -3.08. The van der Waals surface area contributed by atoms with Gasteiger partial charge in [0, 0.05) is 17.0 Å². The molecule has 5 heteroatoms. The molecule has 0 saturated carbocycles. The van der Waals surface area contributed by atoms with Crippen molar-refractivity contribution in [3.8, 4) is 0 Å². The Balaban J connectivity index is 1.99. The van der Waals surface area contributed by atoms with E-state index >= 15 is 0 Å². The average Bonchev–Trinajstić information content (AvgIpc) is 2.94. The maximum absolute atomic E-state index is 12.6. The number of fused-ring (bicyclic) bond motifs is 1. The van der Waals surface area contributed by atoms with Crippen LogP contribution in [-0.2, 0) is 4.79 Å². The van der Waals surface area contributed by atoms with Crippen molar-refractivity contribution in [1.82, 2.24) is 0 Å². The smallest absolute Gasteiger partial charge is 0.293 e. The Kier molecular flexibility index (Phi) is 4.33. The third kappa shape index (κ3) is 3.15. The second kappa shape index (κ2) is 6.58. The van der Waals surface area contributed by atoms with Gasteiger partial charge in [0.25, 0.3) is 5.91 Å². The van der Waals surface area contributed by atoms with Gasteiger partial charge in [-0.05, 0) is 24.3 Å². The molecule has 0 spiro atoms. The molecular weight excluding hydrogens is 304 g/mol. The number of nitrogens with one attached hydrogen (secondary N) is 2. The Labute approximate surface area is 139 Å². The van der Waals surface area contributed by atoms with Crippen molar-refractivity contribution in [2.24, 2.45) is 5.92 Å². The average molecular weight is 322 g/mol. The van der Waals surface area contributed by atoms with E-state index in [2.05, 4.69) is 10.6 Å². The van der Waals surface area contributed by atoms with Gasteiger partial charge in [-0.2, -0.15) is 0 Å². The van der Waals surface area contributed by atoms with Gasteiger partial charge < -0.3 is 15.1 Å².